The first-order valence-corrected chi connectivity index (χ1v) is 9.20. The Bertz CT molecular complexity index is 639. The third-order valence-electron chi connectivity index (χ3n) is 5.76. The maximum absolute atomic E-state index is 12.8. The molecule has 0 unspecified atom stereocenters. The normalized spacial score (nSPS) is 29.6. The van der Waals surface area contributed by atoms with Gasteiger partial charge >= 0.3 is 6.03 Å². The summed E-state index contributed by atoms with van der Waals surface area (Å²) in [5.41, 5.74) is 0.982. The summed E-state index contributed by atoms with van der Waals surface area (Å²) in [4.78, 5) is 17.3. The number of amides is 2. The van der Waals surface area contributed by atoms with E-state index < -0.39 is 0 Å². The molecular weight excluding hydrogens is 326 g/mol. The van der Waals surface area contributed by atoms with Crippen LogP contribution in [-0.4, -0.2) is 54.7 Å². The van der Waals surface area contributed by atoms with Crippen molar-refractivity contribution in [2.75, 3.05) is 26.7 Å². The molecule has 3 atom stereocenters. The maximum atomic E-state index is 12.8. The van der Waals surface area contributed by atoms with E-state index in [0.29, 0.717) is 29.5 Å². The summed E-state index contributed by atoms with van der Waals surface area (Å²) in [5.74, 6) is 0.713. The molecule has 2 fully saturated rings. The molecule has 0 aromatic heterocycles. The molecule has 3 aliphatic rings. The number of nitrogens with zero attached hydrogens (tertiary/aromatic N) is 2. The number of fused-ring (bicyclic) bond motifs is 3. The minimum atomic E-state index is -0.0295. The Balaban J connectivity index is 1.47. The lowest BCUT2D eigenvalue weighted by atomic mass is 10.0. The number of benzene rings is 1. The molecule has 3 heterocycles. The lowest BCUT2D eigenvalue weighted by Gasteiger charge is -2.31. The fourth-order valence-electron chi connectivity index (χ4n) is 4.27. The number of likely N-dealkylation sites (N-methyl/N-ethyl adjacent to an activating group) is 1. The summed E-state index contributed by atoms with van der Waals surface area (Å²) in [7, 11) is 2.19. The van der Waals surface area contributed by atoms with Crippen molar-refractivity contribution in [2.24, 2.45) is 0 Å². The first kappa shape index (κ1) is 16.0. The number of hydrogen-bond acceptors (Lipinski definition) is 3. The Kier molecular flexibility index (Phi) is 4.31. The number of hydrogen-bond donors (Lipinski definition) is 1. The highest BCUT2D eigenvalue weighted by Crippen LogP contribution is 2.37. The van der Waals surface area contributed by atoms with E-state index in [4.69, 9.17) is 16.3 Å². The average molecular weight is 350 g/mol. The van der Waals surface area contributed by atoms with Gasteiger partial charge in [-0.15, -0.1) is 0 Å². The van der Waals surface area contributed by atoms with Gasteiger partial charge in [0.2, 0.25) is 0 Å². The van der Waals surface area contributed by atoms with Crippen LogP contribution in [0.3, 0.4) is 0 Å². The van der Waals surface area contributed by atoms with Crippen molar-refractivity contribution < 1.29 is 9.53 Å². The van der Waals surface area contributed by atoms with E-state index in [1.54, 1.807) is 0 Å². The van der Waals surface area contributed by atoms with Crippen LogP contribution in [0.5, 0.6) is 5.75 Å². The third kappa shape index (κ3) is 2.84. The van der Waals surface area contributed by atoms with Gasteiger partial charge in [-0.05, 0) is 32.4 Å². The van der Waals surface area contributed by atoms with Crippen LogP contribution >= 0.6 is 11.6 Å². The second-order valence-electron chi connectivity index (χ2n) is 7.08. The molecule has 1 aromatic carbocycles. The lowest BCUT2D eigenvalue weighted by Crippen LogP contribution is -2.46. The molecule has 24 heavy (non-hydrogen) atoms. The third-order valence-corrected chi connectivity index (χ3v) is 6.06. The molecule has 5 nitrogen and oxygen atoms in total. The first-order chi connectivity index (χ1) is 11.6. The van der Waals surface area contributed by atoms with Crippen molar-refractivity contribution in [1.82, 2.24) is 15.1 Å². The highest BCUT2D eigenvalue weighted by atomic mass is 35.5. The van der Waals surface area contributed by atoms with E-state index >= 15 is 0 Å². The molecule has 0 radical (unpaired) electrons. The van der Waals surface area contributed by atoms with Gasteiger partial charge in [0.15, 0.2) is 0 Å². The molecule has 1 N–H and O–H groups in total. The summed E-state index contributed by atoms with van der Waals surface area (Å²) in [6.07, 6.45) is 4.30. The van der Waals surface area contributed by atoms with Crippen LogP contribution in [0.1, 0.15) is 37.3 Å². The lowest BCUT2D eigenvalue weighted by molar-refractivity contribution is 0.178. The molecular formula is C18H24ClN3O2. The fourth-order valence-corrected chi connectivity index (χ4v) is 4.51. The van der Waals surface area contributed by atoms with Gasteiger partial charge in [-0.25, -0.2) is 4.79 Å². The number of likely N-dealkylation sites (tertiary alicyclic amines) is 1. The number of halogens is 1. The minimum Gasteiger partial charge on any atom is -0.492 e. The Morgan fingerprint density at radius 1 is 1.25 bits per heavy atom. The van der Waals surface area contributed by atoms with E-state index in [2.05, 4.69) is 17.3 Å². The van der Waals surface area contributed by atoms with Crippen LogP contribution in [0.2, 0.25) is 5.02 Å². The Labute approximate surface area is 147 Å². The largest absolute Gasteiger partial charge is 0.492 e. The fraction of sp³-hybridized carbons (Fsp3) is 0.611. The second-order valence-corrected chi connectivity index (χ2v) is 7.49. The number of nitrogens with one attached hydrogen (secondary N) is 1. The summed E-state index contributed by atoms with van der Waals surface area (Å²) in [6, 6.07) is 6.87. The van der Waals surface area contributed by atoms with Crippen molar-refractivity contribution in [3.05, 3.63) is 28.8 Å². The predicted octanol–water partition coefficient (Wildman–Crippen LogP) is 3.04. The van der Waals surface area contributed by atoms with Crippen molar-refractivity contribution >= 4 is 17.6 Å². The SMILES string of the molecule is CN1[C@H]2CC[C@H]1CN(C(=O)N[C@H]1CCOc3c(Cl)cccc31)CC2. The molecule has 2 bridgehead atoms. The maximum Gasteiger partial charge on any atom is 0.317 e. The van der Waals surface area contributed by atoms with Crippen molar-refractivity contribution in [3.63, 3.8) is 0 Å². The van der Waals surface area contributed by atoms with Gasteiger partial charge in [0.05, 0.1) is 17.7 Å². The van der Waals surface area contributed by atoms with Gasteiger partial charge in [0.1, 0.15) is 5.75 Å². The summed E-state index contributed by atoms with van der Waals surface area (Å²) < 4.78 is 5.68. The highest BCUT2D eigenvalue weighted by molar-refractivity contribution is 6.32. The van der Waals surface area contributed by atoms with Gasteiger partial charge < -0.3 is 15.0 Å². The van der Waals surface area contributed by atoms with Crippen molar-refractivity contribution in [1.29, 1.82) is 0 Å². The average Bonchev–Trinajstić information content (AvgIpc) is 2.81. The zero-order valence-corrected chi connectivity index (χ0v) is 14.8. The van der Waals surface area contributed by atoms with Crippen LogP contribution in [-0.2, 0) is 0 Å². The minimum absolute atomic E-state index is 0.0295. The molecule has 1 aromatic rings. The number of para-hydroxylation sites is 1. The van der Waals surface area contributed by atoms with E-state index in [1.165, 1.54) is 12.8 Å². The Morgan fingerprint density at radius 2 is 2.08 bits per heavy atom. The van der Waals surface area contributed by atoms with Crippen LogP contribution in [0.25, 0.3) is 0 Å². The quantitative estimate of drug-likeness (QED) is 0.847. The number of carbonyl (C=O) groups excluding carboxylic acids is 1. The number of rotatable bonds is 1. The molecule has 0 saturated carbocycles. The van der Waals surface area contributed by atoms with E-state index in [0.717, 1.165) is 31.5 Å². The standard InChI is InChI=1S/C18H24ClN3O2/c1-21-12-5-6-13(21)11-22(9-7-12)18(23)20-16-8-10-24-17-14(16)3-2-4-15(17)19/h2-4,12-13,16H,5-11H2,1H3,(H,20,23)/t12-,13-,16-/m0/s1. The smallest absolute Gasteiger partial charge is 0.317 e. The van der Waals surface area contributed by atoms with Crippen LogP contribution in [0.4, 0.5) is 4.79 Å². The van der Waals surface area contributed by atoms with E-state index in [9.17, 15) is 4.79 Å². The number of urea groups is 1. The van der Waals surface area contributed by atoms with Crippen LogP contribution < -0.4 is 10.1 Å². The molecule has 0 aliphatic carbocycles. The predicted molar refractivity (Wildman–Crippen MR) is 93.6 cm³/mol. The van der Waals surface area contributed by atoms with E-state index in [-0.39, 0.29) is 12.1 Å². The van der Waals surface area contributed by atoms with Gasteiger partial charge in [-0.3, -0.25) is 4.90 Å². The molecule has 2 saturated heterocycles. The molecule has 2 amide bonds. The molecule has 6 heteroatoms. The number of ether oxygens (including phenoxy) is 1. The highest BCUT2D eigenvalue weighted by Gasteiger charge is 2.36. The monoisotopic (exact) mass is 349 g/mol. The second kappa shape index (κ2) is 6.45. The zero-order valence-electron chi connectivity index (χ0n) is 14.0. The molecule has 0 spiro atoms. The summed E-state index contributed by atoms with van der Waals surface area (Å²) in [6.45, 7) is 2.24. The number of carbonyl (C=O) groups is 1. The van der Waals surface area contributed by atoms with Gasteiger partial charge in [-0.2, -0.15) is 0 Å². The Morgan fingerprint density at radius 3 is 2.96 bits per heavy atom. The van der Waals surface area contributed by atoms with Gasteiger partial charge in [-0.1, -0.05) is 23.7 Å². The Hall–Kier alpha value is -1.46. The van der Waals surface area contributed by atoms with Gasteiger partial charge in [0, 0.05) is 37.2 Å². The van der Waals surface area contributed by atoms with Crippen molar-refractivity contribution in [3.8, 4) is 5.75 Å². The summed E-state index contributed by atoms with van der Waals surface area (Å²) in [5, 5.41) is 3.82. The van der Waals surface area contributed by atoms with Crippen LogP contribution in [0.15, 0.2) is 18.2 Å². The zero-order chi connectivity index (χ0) is 16.7. The van der Waals surface area contributed by atoms with Crippen LogP contribution in [0, 0.1) is 0 Å². The summed E-state index contributed by atoms with van der Waals surface area (Å²) >= 11 is 6.22. The first-order valence-electron chi connectivity index (χ1n) is 8.82. The molecule has 4 rings (SSSR count). The van der Waals surface area contributed by atoms with Gasteiger partial charge in [0.25, 0.3) is 0 Å². The molecule has 3 aliphatic heterocycles. The topological polar surface area (TPSA) is 44.8 Å². The van der Waals surface area contributed by atoms with Crippen molar-refractivity contribution in [2.45, 2.75) is 43.8 Å². The van der Waals surface area contributed by atoms with E-state index in [1.807, 2.05) is 23.1 Å². The molecule has 130 valence electrons.